The minimum Gasteiger partial charge on any atom is -0.388 e. The summed E-state index contributed by atoms with van der Waals surface area (Å²) in [5, 5.41) is 14.1. The van der Waals surface area contributed by atoms with Crippen molar-refractivity contribution in [1.29, 1.82) is 0 Å². The summed E-state index contributed by atoms with van der Waals surface area (Å²) in [5.41, 5.74) is 1.25. The van der Waals surface area contributed by atoms with Crippen molar-refractivity contribution in [2.75, 3.05) is 20.3 Å². The summed E-state index contributed by atoms with van der Waals surface area (Å²) >= 11 is 0. The zero-order valence-corrected chi connectivity index (χ0v) is 14.2. The molecule has 1 N–H and O–H groups in total. The van der Waals surface area contributed by atoms with Crippen LogP contribution in [0.25, 0.3) is 11.3 Å². The van der Waals surface area contributed by atoms with Crippen molar-refractivity contribution >= 4 is 5.91 Å². The van der Waals surface area contributed by atoms with Crippen molar-refractivity contribution in [3.63, 3.8) is 0 Å². The fourth-order valence-corrected chi connectivity index (χ4v) is 3.25. The Morgan fingerprint density at radius 3 is 2.84 bits per heavy atom. The van der Waals surface area contributed by atoms with E-state index in [0.717, 1.165) is 12.8 Å². The zero-order chi connectivity index (χ0) is 18.0. The number of aliphatic hydroxyl groups is 1. The van der Waals surface area contributed by atoms with Gasteiger partial charge in [-0.15, -0.1) is 0 Å². The van der Waals surface area contributed by atoms with E-state index < -0.39 is 6.10 Å². The summed E-state index contributed by atoms with van der Waals surface area (Å²) in [4.78, 5) is 14.6. The van der Waals surface area contributed by atoms with Crippen LogP contribution in [0, 0.1) is 5.82 Å². The number of aliphatic hydroxyl groups excluding tert-OH is 1. The fraction of sp³-hybridized carbons (Fsp3) is 0.444. The number of ether oxygens (including phenoxy) is 1. The molecule has 0 saturated carbocycles. The Bertz CT molecular complexity index is 742. The van der Waals surface area contributed by atoms with E-state index in [1.54, 1.807) is 18.9 Å². The molecule has 0 spiro atoms. The second-order valence-electron chi connectivity index (χ2n) is 6.21. The highest BCUT2D eigenvalue weighted by molar-refractivity contribution is 5.95. The quantitative estimate of drug-likeness (QED) is 0.899. The molecule has 2 atom stereocenters. The van der Waals surface area contributed by atoms with E-state index in [1.165, 1.54) is 24.3 Å². The van der Waals surface area contributed by atoms with Gasteiger partial charge in [-0.3, -0.25) is 4.79 Å². The van der Waals surface area contributed by atoms with Gasteiger partial charge in [0.2, 0.25) is 5.76 Å². The first-order valence-electron chi connectivity index (χ1n) is 8.26. The Balaban J connectivity index is 1.97. The summed E-state index contributed by atoms with van der Waals surface area (Å²) in [7, 11) is 1.60. The number of hydrogen-bond donors (Lipinski definition) is 1. The first-order chi connectivity index (χ1) is 12.0. The molecule has 1 aliphatic rings. The van der Waals surface area contributed by atoms with Gasteiger partial charge in [-0.25, -0.2) is 4.39 Å². The minimum atomic E-state index is -0.950. The van der Waals surface area contributed by atoms with E-state index >= 15 is 0 Å². The molecule has 0 radical (unpaired) electrons. The standard InChI is InChI=1S/C18H21FN2O4/c1-11(22)15-16(12-5-7-13(19)8-6-12)20-25-17(15)18(23)21-9-3-4-14(21)10-24-2/h5-8,11,14,22H,3-4,9-10H2,1-2H3/t11-,14+/m0/s1. The van der Waals surface area contributed by atoms with Crippen LogP contribution >= 0.6 is 0 Å². The molecule has 3 rings (SSSR count). The highest BCUT2D eigenvalue weighted by Gasteiger charge is 2.35. The largest absolute Gasteiger partial charge is 0.388 e. The van der Waals surface area contributed by atoms with Gasteiger partial charge in [0.25, 0.3) is 5.91 Å². The van der Waals surface area contributed by atoms with Gasteiger partial charge in [0, 0.05) is 19.2 Å². The molecule has 0 unspecified atom stereocenters. The van der Waals surface area contributed by atoms with Gasteiger partial charge < -0.3 is 19.3 Å². The summed E-state index contributed by atoms with van der Waals surface area (Å²) < 4.78 is 23.6. The van der Waals surface area contributed by atoms with E-state index in [0.29, 0.717) is 30.0 Å². The normalized spacial score (nSPS) is 18.6. The number of likely N-dealkylation sites (tertiary alicyclic amines) is 1. The Kier molecular flexibility index (Phi) is 5.15. The molecule has 1 amide bonds. The van der Waals surface area contributed by atoms with E-state index in [2.05, 4.69) is 5.16 Å². The maximum Gasteiger partial charge on any atom is 0.293 e. The number of rotatable bonds is 5. The molecule has 1 aliphatic heterocycles. The maximum absolute atomic E-state index is 13.1. The molecule has 1 saturated heterocycles. The molecule has 1 aromatic carbocycles. The van der Waals surface area contributed by atoms with E-state index in [-0.39, 0.29) is 23.5 Å². The molecule has 1 fully saturated rings. The second-order valence-corrected chi connectivity index (χ2v) is 6.21. The van der Waals surface area contributed by atoms with Gasteiger partial charge in [0.15, 0.2) is 0 Å². The molecular formula is C18H21FN2O4. The predicted molar refractivity (Wildman–Crippen MR) is 88.5 cm³/mol. The topological polar surface area (TPSA) is 75.8 Å². The monoisotopic (exact) mass is 348 g/mol. The first-order valence-corrected chi connectivity index (χ1v) is 8.26. The number of aromatic nitrogens is 1. The van der Waals surface area contributed by atoms with Crippen LogP contribution in [0.5, 0.6) is 0 Å². The van der Waals surface area contributed by atoms with Crippen molar-refractivity contribution in [1.82, 2.24) is 10.1 Å². The number of benzene rings is 1. The van der Waals surface area contributed by atoms with E-state index in [9.17, 15) is 14.3 Å². The summed E-state index contributed by atoms with van der Waals surface area (Å²) in [5.74, 6) is -0.657. The third-order valence-electron chi connectivity index (χ3n) is 4.45. The lowest BCUT2D eigenvalue weighted by molar-refractivity contribution is 0.0585. The molecule has 7 heteroatoms. The Labute approximate surface area is 145 Å². The van der Waals surface area contributed by atoms with Crippen LogP contribution in [-0.4, -0.2) is 47.4 Å². The van der Waals surface area contributed by atoms with Crippen molar-refractivity contribution < 1.29 is 23.6 Å². The van der Waals surface area contributed by atoms with Crippen LogP contribution in [-0.2, 0) is 4.74 Å². The zero-order valence-electron chi connectivity index (χ0n) is 14.2. The smallest absolute Gasteiger partial charge is 0.293 e. The summed E-state index contributed by atoms with van der Waals surface area (Å²) in [6.07, 6.45) is 0.805. The van der Waals surface area contributed by atoms with Crippen molar-refractivity contribution in [3.05, 3.63) is 41.4 Å². The van der Waals surface area contributed by atoms with Crippen LogP contribution in [0.3, 0.4) is 0 Å². The van der Waals surface area contributed by atoms with E-state index in [4.69, 9.17) is 9.26 Å². The summed E-state index contributed by atoms with van der Waals surface area (Å²) in [6, 6.07) is 5.66. The average molecular weight is 348 g/mol. The lowest BCUT2D eigenvalue weighted by atomic mass is 10.0. The highest BCUT2D eigenvalue weighted by Crippen LogP contribution is 2.32. The summed E-state index contributed by atoms with van der Waals surface area (Å²) in [6.45, 7) is 2.61. The van der Waals surface area contributed by atoms with Gasteiger partial charge >= 0.3 is 0 Å². The fourth-order valence-electron chi connectivity index (χ4n) is 3.25. The van der Waals surface area contributed by atoms with Gasteiger partial charge in [0.05, 0.1) is 24.3 Å². The number of hydrogen-bond acceptors (Lipinski definition) is 5. The molecule has 6 nitrogen and oxygen atoms in total. The number of halogens is 1. The van der Waals surface area contributed by atoms with Gasteiger partial charge in [-0.1, -0.05) is 5.16 Å². The predicted octanol–water partition coefficient (Wildman–Crippen LogP) is 2.79. The van der Waals surface area contributed by atoms with E-state index in [1.807, 2.05) is 0 Å². The molecule has 0 bridgehead atoms. The molecule has 25 heavy (non-hydrogen) atoms. The van der Waals surface area contributed by atoms with Crippen molar-refractivity contribution in [2.45, 2.75) is 31.9 Å². The second kappa shape index (κ2) is 7.33. The highest BCUT2D eigenvalue weighted by atomic mass is 19.1. The number of carbonyl (C=O) groups excluding carboxylic acids is 1. The van der Waals surface area contributed by atoms with Gasteiger partial charge in [-0.2, -0.15) is 0 Å². The number of carbonyl (C=O) groups is 1. The Morgan fingerprint density at radius 2 is 2.20 bits per heavy atom. The molecular weight excluding hydrogens is 327 g/mol. The van der Waals surface area contributed by atoms with Crippen molar-refractivity contribution in [3.8, 4) is 11.3 Å². The third-order valence-corrected chi connectivity index (χ3v) is 4.45. The van der Waals surface area contributed by atoms with Crippen LogP contribution in [0.2, 0.25) is 0 Å². The molecule has 134 valence electrons. The minimum absolute atomic E-state index is 0.0151. The number of nitrogens with zero attached hydrogens (tertiary/aromatic N) is 2. The molecule has 2 aromatic rings. The molecule has 2 heterocycles. The lowest BCUT2D eigenvalue weighted by Gasteiger charge is -2.23. The van der Waals surface area contributed by atoms with Crippen LogP contribution in [0.15, 0.2) is 28.8 Å². The maximum atomic E-state index is 13.1. The van der Waals surface area contributed by atoms with Gasteiger partial charge in [-0.05, 0) is 44.0 Å². The SMILES string of the molecule is COC[C@H]1CCCN1C(=O)c1onc(-c2ccc(F)cc2)c1[C@H](C)O. The van der Waals surface area contributed by atoms with Crippen LogP contribution < -0.4 is 0 Å². The van der Waals surface area contributed by atoms with Crippen molar-refractivity contribution in [2.24, 2.45) is 0 Å². The van der Waals surface area contributed by atoms with Crippen LogP contribution in [0.1, 0.15) is 42.0 Å². The number of methoxy groups -OCH3 is 1. The molecule has 0 aliphatic carbocycles. The lowest BCUT2D eigenvalue weighted by Crippen LogP contribution is -2.38. The first kappa shape index (κ1) is 17.6. The Morgan fingerprint density at radius 1 is 1.48 bits per heavy atom. The number of amides is 1. The Hall–Kier alpha value is -2.25. The third kappa shape index (κ3) is 3.43. The van der Waals surface area contributed by atoms with Crippen LogP contribution in [0.4, 0.5) is 4.39 Å². The van der Waals surface area contributed by atoms with Gasteiger partial charge in [0.1, 0.15) is 11.5 Å². The molecule has 1 aromatic heterocycles. The average Bonchev–Trinajstić information content (AvgIpc) is 3.22.